The summed E-state index contributed by atoms with van der Waals surface area (Å²) in [4.78, 5) is 5.96. The first-order valence-electron chi connectivity index (χ1n) is 7.04. The van der Waals surface area contributed by atoms with E-state index in [0.29, 0.717) is 0 Å². The van der Waals surface area contributed by atoms with Gasteiger partial charge in [0.2, 0.25) is 0 Å². The zero-order valence-corrected chi connectivity index (χ0v) is 13.2. The Morgan fingerprint density at radius 1 is 1.00 bits per heavy atom. The van der Waals surface area contributed by atoms with E-state index >= 15 is 0 Å². The van der Waals surface area contributed by atoms with Gasteiger partial charge in [-0.25, -0.2) is 4.98 Å². The number of aryl methyl sites for hydroxylation is 2. The van der Waals surface area contributed by atoms with Crippen LogP contribution < -0.4 is 0 Å². The maximum atomic E-state index is 4.65. The second-order valence-corrected chi connectivity index (χ2v) is 6.32. The molecule has 21 heavy (non-hydrogen) atoms. The highest BCUT2D eigenvalue weighted by Gasteiger charge is 2.14. The van der Waals surface area contributed by atoms with E-state index in [9.17, 15) is 0 Å². The summed E-state index contributed by atoms with van der Waals surface area (Å²) >= 11 is 1.80. The quantitative estimate of drug-likeness (QED) is 0.363. The van der Waals surface area contributed by atoms with E-state index in [0.717, 1.165) is 5.65 Å². The van der Waals surface area contributed by atoms with E-state index in [-0.39, 0.29) is 0 Å². The standard InChI is InChI=1S/C18H16N2S/c1-11-8-15-13-6-4-5-7-14(13)18-19-10-12(2)20(18)17(15)16(9-11)21-3/h4-10H,1-3H3. The Morgan fingerprint density at radius 3 is 2.52 bits per heavy atom. The number of hydrogen-bond acceptors (Lipinski definition) is 2. The lowest BCUT2D eigenvalue weighted by atomic mass is 10.0. The monoisotopic (exact) mass is 292 g/mol. The van der Waals surface area contributed by atoms with Crippen molar-refractivity contribution in [3.8, 4) is 0 Å². The normalized spacial score (nSPS) is 11.8. The van der Waals surface area contributed by atoms with Crippen LogP contribution in [0.3, 0.4) is 0 Å². The third-order valence-corrected chi connectivity index (χ3v) is 4.81. The number of nitrogens with zero attached hydrogens (tertiary/aromatic N) is 2. The van der Waals surface area contributed by atoms with E-state index < -0.39 is 0 Å². The maximum absolute atomic E-state index is 4.65. The van der Waals surface area contributed by atoms with Crippen LogP contribution in [0.25, 0.3) is 27.3 Å². The molecule has 0 amide bonds. The minimum Gasteiger partial charge on any atom is -0.295 e. The molecule has 0 unspecified atom stereocenters. The number of benzene rings is 2. The molecular weight excluding hydrogens is 276 g/mol. The predicted molar refractivity (Wildman–Crippen MR) is 91.5 cm³/mol. The molecule has 0 aliphatic heterocycles. The Labute approximate surface area is 127 Å². The molecule has 0 atom stereocenters. The van der Waals surface area contributed by atoms with Gasteiger partial charge in [0.25, 0.3) is 0 Å². The van der Waals surface area contributed by atoms with E-state index in [1.807, 2.05) is 6.20 Å². The lowest BCUT2D eigenvalue weighted by Crippen LogP contribution is -1.95. The summed E-state index contributed by atoms with van der Waals surface area (Å²) < 4.78 is 2.29. The highest BCUT2D eigenvalue weighted by molar-refractivity contribution is 7.98. The summed E-state index contributed by atoms with van der Waals surface area (Å²) in [5.74, 6) is 0. The van der Waals surface area contributed by atoms with Gasteiger partial charge in [0.15, 0.2) is 0 Å². The molecule has 0 saturated heterocycles. The Morgan fingerprint density at radius 2 is 1.76 bits per heavy atom. The van der Waals surface area contributed by atoms with Crippen molar-refractivity contribution in [1.82, 2.24) is 9.38 Å². The molecule has 4 aromatic rings. The van der Waals surface area contributed by atoms with Crippen LogP contribution in [0.2, 0.25) is 0 Å². The molecule has 2 aromatic heterocycles. The summed E-state index contributed by atoms with van der Waals surface area (Å²) in [6.07, 6.45) is 4.10. The van der Waals surface area contributed by atoms with Crippen molar-refractivity contribution in [2.75, 3.05) is 6.26 Å². The summed E-state index contributed by atoms with van der Waals surface area (Å²) in [5.41, 5.74) is 4.81. The molecular formula is C18H16N2S. The molecule has 2 aromatic carbocycles. The van der Waals surface area contributed by atoms with Crippen LogP contribution in [0.1, 0.15) is 11.3 Å². The Hall–Kier alpha value is -2.00. The fourth-order valence-electron chi connectivity index (χ4n) is 3.16. The van der Waals surface area contributed by atoms with Crippen molar-refractivity contribution < 1.29 is 0 Å². The summed E-state index contributed by atoms with van der Waals surface area (Å²) in [7, 11) is 0. The first-order valence-corrected chi connectivity index (χ1v) is 8.26. The number of aromatic nitrogens is 2. The van der Waals surface area contributed by atoms with Crippen molar-refractivity contribution in [2.24, 2.45) is 0 Å². The maximum Gasteiger partial charge on any atom is 0.145 e. The highest BCUT2D eigenvalue weighted by atomic mass is 32.2. The summed E-state index contributed by atoms with van der Waals surface area (Å²) in [5, 5.41) is 3.81. The van der Waals surface area contributed by atoms with Gasteiger partial charge >= 0.3 is 0 Å². The minimum absolute atomic E-state index is 1.05. The molecule has 0 spiro atoms. The fraction of sp³-hybridized carbons (Fsp3) is 0.167. The van der Waals surface area contributed by atoms with Crippen LogP contribution in [0.15, 0.2) is 47.5 Å². The van der Waals surface area contributed by atoms with Gasteiger partial charge in [-0.1, -0.05) is 24.3 Å². The molecule has 0 radical (unpaired) electrons. The second kappa shape index (κ2) is 4.50. The third kappa shape index (κ3) is 1.70. The van der Waals surface area contributed by atoms with Gasteiger partial charge in [0, 0.05) is 27.6 Å². The number of fused-ring (bicyclic) bond motifs is 6. The van der Waals surface area contributed by atoms with Gasteiger partial charge < -0.3 is 0 Å². The van der Waals surface area contributed by atoms with Gasteiger partial charge in [-0.15, -0.1) is 11.8 Å². The third-order valence-electron chi connectivity index (χ3n) is 4.06. The summed E-state index contributed by atoms with van der Waals surface area (Å²) in [6, 6.07) is 13.1. The Kier molecular flexibility index (Phi) is 2.73. The first kappa shape index (κ1) is 12.7. The molecule has 2 heterocycles. The smallest absolute Gasteiger partial charge is 0.145 e. The minimum atomic E-state index is 1.05. The van der Waals surface area contributed by atoms with Gasteiger partial charge in [-0.2, -0.15) is 0 Å². The highest BCUT2D eigenvalue weighted by Crippen LogP contribution is 2.35. The van der Waals surface area contributed by atoms with Crippen LogP contribution in [-0.4, -0.2) is 15.6 Å². The largest absolute Gasteiger partial charge is 0.295 e. The number of pyridine rings is 1. The van der Waals surface area contributed by atoms with Crippen molar-refractivity contribution in [3.63, 3.8) is 0 Å². The Balaban J connectivity index is 2.44. The molecule has 0 saturated carbocycles. The van der Waals surface area contributed by atoms with E-state index in [4.69, 9.17) is 0 Å². The average Bonchev–Trinajstić information content (AvgIpc) is 2.89. The first-order chi connectivity index (χ1) is 10.2. The van der Waals surface area contributed by atoms with Crippen molar-refractivity contribution in [1.29, 1.82) is 0 Å². The van der Waals surface area contributed by atoms with Crippen LogP contribution in [-0.2, 0) is 0 Å². The molecule has 104 valence electrons. The molecule has 0 aliphatic carbocycles. The number of thioether (sulfide) groups is 1. The second-order valence-electron chi connectivity index (χ2n) is 5.47. The number of imidazole rings is 1. The van der Waals surface area contributed by atoms with Crippen molar-refractivity contribution >= 4 is 39.1 Å². The molecule has 3 heteroatoms. The molecule has 0 fully saturated rings. The lowest BCUT2D eigenvalue weighted by molar-refractivity contribution is 1.15. The van der Waals surface area contributed by atoms with Crippen molar-refractivity contribution in [2.45, 2.75) is 18.7 Å². The topological polar surface area (TPSA) is 17.3 Å². The van der Waals surface area contributed by atoms with E-state index in [1.165, 1.54) is 37.8 Å². The van der Waals surface area contributed by atoms with Crippen LogP contribution in [0.4, 0.5) is 0 Å². The van der Waals surface area contributed by atoms with E-state index in [2.05, 4.69) is 65.9 Å². The van der Waals surface area contributed by atoms with Gasteiger partial charge in [-0.05, 0) is 43.2 Å². The number of rotatable bonds is 1. The van der Waals surface area contributed by atoms with Gasteiger partial charge in [-0.3, -0.25) is 4.40 Å². The van der Waals surface area contributed by atoms with Gasteiger partial charge in [0.05, 0.1) is 5.52 Å². The zero-order chi connectivity index (χ0) is 14.6. The molecule has 0 aliphatic rings. The summed E-state index contributed by atoms with van der Waals surface area (Å²) in [6.45, 7) is 4.29. The Bertz CT molecular complexity index is 999. The molecule has 4 rings (SSSR count). The predicted octanol–water partition coefficient (Wildman–Crippen LogP) is 4.98. The van der Waals surface area contributed by atoms with Crippen molar-refractivity contribution in [3.05, 3.63) is 53.9 Å². The van der Waals surface area contributed by atoms with Crippen LogP contribution >= 0.6 is 11.8 Å². The van der Waals surface area contributed by atoms with E-state index in [1.54, 1.807) is 11.8 Å². The van der Waals surface area contributed by atoms with Crippen LogP contribution in [0.5, 0.6) is 0 Å². The van der Waals surface area contributed by atoms with Gasteiger partial charge in [0.1, 0.15) is 5.65 Å². The lowest BCUT2D eigenvalue weighted by Gasteiger charge is -2.13. The number of hydrogen-bond donors (Lipinski definition) is 0. The zero-order valence-electron chi connectivity index (χ0n) is 12.3. The fourth-order valence-corrected chi connectivity index (χ4v) is 3.86. The van der Waals surface area contributed by atoms with Crippen LogP contribution in [0, 0.1) is 13.8 Å². The molecule has 0 N–H and O–H groups in total. The molecule has 0 bridgehead atoms. The molecule has 2 nitrogen and oxygen atoms in total. The SMILES string of the molecule is CSc1cc(C)cc2c3ccccc3c3ncc(C)n3c12. The average molecular weight is 292 g/mol.